The highest BCUT2D eigenvalue weighted by molar-refractivity contribution is 6.09. The van der Waals surface area contributed by atoms with Crippen LogP contribution in [-0.4, -0.2) is 4.57 Å². The van der Waals surface area contributed by atoms with Gasteiger partial charge in [0.05, 0.1) is 11.0 Å². The van der Waals surface area contributed by atoms with Gasteiger partial charge in [0.1, 0.15) is 0 Å². The Hall–Kier alpha value is -5.66. The van der Waals surface area contributed by atoms with Crippen LogP contribution in [0, 0.1) is 6.92 Å². The summed E-state index contributed by atoms with van der Waals surface area (Å²) in [6, 6.07) is 61.5. The van der Waals surface area contributed by atoms with Crippen LogP contribution in [-0.2, 0) is 0 Å². The molecular formula is C43H31N. The van der Waals surface area contributed by atoms with E-state index in [1.165, 1.54) is 77.6 Å². The lowest BCUT2D eigenvalue weighted by atomic mass is 9.96. The van der Waals surface area contributed by atoms with Crippen molar-refractivity contribution in [2.45, 2.75) is 6.92 Å². The van der Waals surface area contributed by atoms with Gasteiger partial charge in [0.2, 0.25) is 0 Å². The smallest absolute Gasteiger partial charge is 0.0541 e. The van der Waals surface area contributed by atoms with Crippen molar-refractivity contribution in [2.75, 3.05) is 0 Å². The van der Waals surface area contributed by atoms with Gasteiger partial charge in [0, 0.05) is 16.5 Å². The summed E-state index contributed by atoms with van der Waals surface area (Å²) >= 11 is 0. The summed E-state index contributed by atoms with van der Waals surface area (Å²) in [5, 5.41) is 2.57. The Morgan fingerprint density at radius 2 is 0.682 bits per heavy atom. The molecule has 1 heterocycles. The van der Waals surface area contributed by atoms with E-state index in [1.807, 2.05) is 0 Å². The van der Waals surface area contributed by atoms with Crippen LogP contribution in [0.5, 0.6) is 0 Å². The summed E-state index contributed by atoms with van der Waals surface area (Å²) in [6.07, 6.45) is 0. The van der Waals surface area contributed by atoms with E-state index in [0.717, 1.165) is 0 Å². The first kappa shape index (κ1) is 26.0. The van der Waals surface area contributed by atoms with E-state index in [0.29, 0.717) is 0 Å². The summed E-state index contributed by atoms with van der Waals surface area (Å²) in [4.78, 5) is 0. The van der Waals surface area contributed by atoms with Crippen LogP contribution in [0.1, 0.15) is 5.56 Å². The Kier molecular flexibility index (Phi) is 6.43. The third kappa shape index (κ3) is 4.69. The summed E-state index contributed by atoms with van der Waals surface area (Å²) in [5.41, 5.74) is 14.7. The highest BCUT2D eigenvalue weighted by atomic mass is 15.0. The predicted octanol–water partition coefficient (Wildman–Crippen LogP) is 11.8. The van der Waals surface area contributed by atoms with Gasteiger partial charge in [0.25, 0.3) is 0 Å². The Bertz CT molecular complexity index is 2180. The number of aromatic nitrogens is 1. The van der Waals surface area contributed by atoms with E-state index in [1.54, 1.807) is 0 Å². The van der Waals surface area contributed by atoms with Crippen LogP contribution in [0.2, 0.25) is 0 Å². The molecule has 0 spiro atoms. The number of fused-ring (bicyclic) bond motifs is 3. The molecule has 0 saturated heterocycles. The minimum atomic E-state index is 1.17. The summed E-state index contributed by atoms with van der Waals surface area (Å²) < 4.78 is 2.36. The van der Waals surface area contributed by atoms with Gasteiger partial charge in [-0.05, 0) is 75.7 Å². The monoisotopic (exact) mass is 561 g/mol. The fourth-order valence-corrected chi connectivity index (χ4v) is 6.39. The zero-order chi connectivity index (χ0) is 29.5. The zero-order valence-electron chi connectivity index (χ0n) is 24.6. The predicted molar refractivity (Wildman–Crippen MR) is 187 cm³/mol. The highest BCUT2D eigenvalue weighted by Crippen LogP contribution is 2.33. The average molecular weight is 562 g/mol. The van der Waals surface area contributed by atoms with Crippen LogP contribution >= 0.6 is 0 Å². The number of para-hydroxylation sites is 2. The van der Waals surface area contributed by atoms with Crippen molar-refractivity contribution in [1.29, 1.82) is 0 Å². The number of aryl methyl sites for hydroxylation is 1. The molecule has 0 bridgehead atoms. The van der Waals surface area contributed by atoms with Crippen molar-refractivity contribution in [3.05, 3.63) is 175 Å². The Labute approximate surface area is 258 Å². The molecule has 8 rings (SSSR count). The van der Waals surface area contributed by atoms with Gasteiger partial charge >= 0.3 is 0 Å². The molecule has 0 aliphatic heterocycles. The average Bonchev–Trinajstić information content (AvgIpc) is 3.43. The molecule has 1 nitrogen and oxygen atoms in total. The maximum atomic E-state index is 2.36. The number of rotatable bonds is 5. The van der Waals surface area contributed by atoms with Crippen LogP contribution in [0.4, 0.5) is 0 Å². The van der Waals surface area contributed by atoms with Gasteiger partial charge in [-0.25, -0.2) is 0 Å². The normalized spacial score (nSPS) is 11.3. The quantitative estimate of drug-likeness (QED) is 0.197. The van der Waals surface area contributed by atoms with Gasteiger partial charge in [0.15, 0.2) is 0 Å². The van der Waals surface area contributed by atoms with E-state index in [9.17, 15) is 0 Å². The molecule has 0 aliphatic carbocycles. The summed E-state index contributed by atoms with van der Waals surface area (Å²) in [5.74, 6) is 0. The van der Waals surface area contributed by atoms with Crippen LogP contribution < -0.4 is 0 Å². The molecule has 208 valence electrons. The fourth-order valence-electron chi connectivity index (χ4n) is 6.39. The van der Waals surface area contributed by atoms with E-state index < -0.39 is 0 Å². The Morgan fingerprint density at radius 1 is 0.318 bits per heavy atom. The zero-order valence-corrected chi connectivity index (χ0v) is 24.6. The molecular weight excluding hydrogens is 530 g/mol. The van der Waals surface area contributed by atoms with E-state index in [2.05, 4.69) is 181 Å². The number of benzene rings is 7. The largest absolute Gasteiger partial charge is 0.309 e. The SMILES string of the molecule is Cc1cccc(-c2ccc(-c3ccc(-c4ccc(-c5ccc(-n6c7ccccc7c7ccccc76)cc5)cc4)cc3)cc2)c1. The third-order valence-electron chi connectivity index (χ3n) is 8.71. The lowest BCUT2D eigenvalue weighted by molar-refractivity contribution is 1.18. The molecule has 8 aromatic rings. The summed E-state index contributed by atoms with van der Waals surface area (Å²) in [7, 11) is 0. The lowest BCUT2D eigenvalue weighted by Crippen LogP contribution is -1.93. The molecule has 0 aliphatic rings. The minimum absolute atomic E-state index is 1.17. The standard InChI is InChI=1S/C43H31N/c1-30-7-6-8-38(29-30)37-23-21-34(22-24-37)33-15-13-31(14-16-33)32-17-19-35(20-18-32)36-25-27-39(28-26-36)44-42-11-4-2-9-40(42)41-10-3-5-12-43(41)44/h2-29H,1H3. The van der Waals surface area contributed by atoms with Crippen molar-refractivity contribution in [3.8, 4) is 50.2 Å². The maximum Gasteiger partial charge on any atom is 0.0541 e. The van der Waals surface area contributed by atoms with Gasteiger partial charge in [-0.1, -0.05) is 151 Å². The number of hydrogen-bond donors (Lipinski definition) is 0. The van der Waals surface area contributed by atoms with Gasteiger partial charge in [-0.15, -0.1) is 0 Å². The molecule has 0 saturated carbocycles. The van der Waals surface area contributed by atoms with Gasteiger partial charge in [-0.2, -0.15) is 0 Å². The molecule has 0 atom stereocenters. The topological polar surface area (TPSA) is 4.93 Å². The first-order chi connectivity index (χ1) is 21.7. The molecule has 1 aromatic heterocycles. The molecule has 0 fully saturated rings. The second kappa shape index (κ2) is 10.9. The molecule has 0 N–H and O–H groups in total. The molecule has 0 amide bonds. The van der Waals surface area contributed by atoms with E-state index in [4.69, 9.17) is 0 Å². The first-order valence-corrected chi connectivity index (χ1v) is 15.2. The van der Waals surface area contributed by atoms with Crippen LogP contribution in [0.25, 0.3) is 72.0 Å². The van der Waals surface area contributed by atoms with E-state index >= 15 is 0 Å². The van der Waals surface area contributed by atoms with Crippen molar-refractivity contribution >= 4 is 21.8 Å². The number of hydrogen-bond acceptors (Lipinski definition) is 0. The maximum absolute atomic E-state index is 2.36. The molecule has 0 radical (unpaired) electrons. The summed E-state index contributed by atoms with van der Waals surface area (Å²) in [6.45, 7) is 2.14. The van der Waals surface area contributed by atoms with Crippen LogP contribution in [0.15, 0.2) is 170 Å². The van der Waals surface area contributed by atoms with Gasteiger partial charge in [-0.3, -0.25) is 0 Å². The molecule has 44 heavy (non-hydrogen) atoms. The first-order valence-electron chi connectivity index (χ1n) is 15.2. The molecule has 7 aromatic carbocycles. The molecule has 1 heteroatoms. The van der Waals surface area contributed by atoms with Crippen molar-refractivity contribution in [3.63, 3.8) is 0 Å². The van der Waals surface area contributed by atoms with Crippen molar-refractivity contribution in [2.24, 2.45) is 0 Å². The second-order valence-electron chi connectivity index (χ2n) is 11.5. The Morgan fingerprint density at radius 3 is 1.09 bits per heavy atom. The van der Waals surface area contributed by atoms with Crippen molar-refractivity contribution in [1.82, 2.24) is 4.57 Å². The Balaban J connectivity index is 1.02. The van der Waals surface area contributed by atoms with Crippen LogP contribution in [0.3, 0.4) is 0 Å². The second-order valence-corrected chi connectivity index (χ2v) is 11.5. The lowest BCUT2D eigenvalue weighted by Gasteiger charge is -2.10. The highest BCUT2D eigenvalue weighted by Gasteiger charge is 2.11. The van der Waals surface area contributed by atoms with Crippen molar-refractivity contribution < 1.29 is 0 Å². The number of nitrogens with zero attached hydrogens (tertiary/aromatic N) is 1. The fraction of sp³-hybridized carbons (Fsp3) is 0.0233. The minimum Gasteiger partial charge on any atom is -0.309 e. The van der Waals surface area contributed by atoms with E-state index in [-0.39, 0.29) is 0 Å². The third-order valence-corrected chi connectivity index (χ3v) is 8.71. The molecule has 0 unspecified atom stereocenters. The van der Waals surface area contributed by atoms with Gasteiger partial charge < -0.3 is 4.57 Å².